The van der Waals surface area contributed by atoms with Gasteiger partial charge in [0.2, 0.25) is 0 Å². The summed E-state index contributed by atoms with van der Waals surface area (Å²) in [6.07, 6.45) is 0. The van der Waals surface area contributed by atoms with Gasteiger partial charge in [-0.2, -0.15) is 0 Å². The Morgan fingerprint density at radius 1 is 1.27 bits per heavy atom. The van der Waals surface area contributed by atoms with Gasteiger partial charge in [-0.15, -0.1) is 0 Å². The second-order valence-electron chi connectivity index (χ2n) is 2.55. The Kier molecular flexibility index (Phi) is 2.26. The minimum absolute atomic E-state index is 0.644. The van der Waals surface area contributed by atoms with E-state index in [4.69, 9.17) is 5.21 Å². The van der Waals surface area contributed by atoms with Crippen molar-refractivity contribution >= 4 is 5.71 Å². The molecular weight excluding hydrogens is 138 g/mol. The predicted molar refractivity (Wildman–Crippen MR) is 45.2 cm³/mol. The van der Waals surface area contributed by atoms with Crippen LogP contribution in [0.5, 0.6) is 0 Å². The number of benzene rings is 1. The fourth-order valence-corrected chi connectivity index (χ4v) is 0.852. The van der Waals surface area contributed by atoms with Crippen molar-refractivity contribution in [1.82, 2.24) is 0 Å². The predicted octanol–water partition coefficient (Wildman–Crippen LogP) is 2.19. The zero-order valence-corrected chi connectivity index (χ0v) is 6.70. The van der Waals surface area contributed by atoms with Crippen LogP contribution in [-0.2, 0) is 0 Å². The first kappa shape index (κ1) is 7.79. The Labute approximate surface area is 66.2 Å². The number of hydrogen-bond donors (Lipinski definition) is 1. The molecule has 0 aliphatic carbocycles. The van der Waals surface area contributed by atoms with Crippen LogP contribution in [0.1, 0.15) is 18.1 Å². The zero-order valence-electron chi connectivity index (χ0n) is 6.70. The van der Waals surface area contributed by atoms with E-state index in [0.717, 1.165) is 5.56 Å². The molecule has 0 atom stereocenters. The van der Waals surface area contributed by atoms with Gasteiger partial charge >= 0.3 is 0 Å². The molecule has 1 rings (SSSR count). The second kappa shape index (κ2) is 3.19. The van der Waals surface area contributed by atoms with Crippen molar-refractivity contribution in [2.45, 2.75) is 13.8 Å². The summed E-state index contributed by atoms with van der Waals surface area (Å²) in [5.41, 5.74) is 2.81. The van der Waals surface area contributed by atoms with Crippen molar-refractivity contribution in [2.75, 3.05) is 0 Å². The van der Waals surface area contributed by atoms with Gasteiger partial charge in [0.05, 0.1) is 5.71 Å². The lowest BCUT2D eigenvalue weighted by atomic mass is 10.1. The summed E-state index contributed by atoms with van der Waals surface area (Å²) in [5.74, 6) is 0. The van der Waals surface area contributed by atoms with Crippen LogP contribution in [0, 0.1) is 6.92 Å². The quantitative estimate of drug-likeness (QED) is 0.370. The molecule has 0 saturated carbocycles. The van der Waals surface area contributed by atoms with E-state index in [1.807, 2.05) is 31.2 Å². The van der Waals surface area contributed by atoms with Gasteiger partial charge in [0, 0.05) is 0 Å². The molecule has 0 unspecified atom stereocenters. The van der Waals surface area contributed by atoms with E-state index in [2.05, 4.69) is 5.16 Å². The first-order valence-electron chi connectivity index (χ1n) is 3.49. The first-order chi connectivity index (χ1) is 5.24. The molecule has 1 aromatic rings. The topological polar surface area (TPSA) is 32.6 Å². The molecule has 2 heteroatoms. The highest BCUT2D eigenvalue weighted by Gasteiger charge is 1.94. The molecule has 58 valence electrons. The standard InChI is InChI=1S/C9H11NO/c1-7-3-5-9(6-4-7)8(2)10-11/h3-6,11H,1-2H3/b10-8-. The summed E-state index contributed by atoms with van der Waals surface area (Å²) in [7, 11) is 0. The monoisotopic (exact) mass is 149 g/mol. The third-order valence-corrected chi connectivity index (χ3v) is 1.62. The van der Waals surface area contributed by atoms with Crippen LogP contribution in [-0.4, -0.2) is 10.9 Å². The molecule has 0 amide bonds. The van der Waals surface area contributed by atoms with Crippen molar-refractivity contribution in [3.8, 4) is 0 Å². The zero-order chi connectivity index (χ0) is 8.27. The van der Waals surface area contributed by atoms with Crippen LogP contribution >= 0.6 is 0 Å². The highest BCUT2D eigenvalue weighted by molar-refractivity contribution is 5.98. The van der Waals surface area contributed by atoms with E-state index in [1.54, 1.807) is 6.92 Å². The number of hydrogen-bond acceptors (Lipinski definition) is 2. The fourth-order valence-electron chi connectivity index (χ4n) is 0.852. The van der Waals surface area contributed by atoms with Crippen LogP contribution in [0.15, 0.2) is 29.4 Å². The lowest BCUT2D eigenvalue weighted by Gasteiger charge is -1.97. The van der Waals surface area contributed by atoms with Gasteiger partial charge < -0.3 is 5.21 Å². The second-order valence-corrected chi connectivity index (χ2v) is 2.55. The molecule has 0 heterocycles. The number of oxime groups is 1. The van der Waals surface area contributed by atoms with Gasteiger partial charge in [-0.25, -0.2) is 0 Å². The summed E-state index contributed by atoms with van der Waals surface area (Å²) in [5, 5.41) is 11.6. The summed E-state index contributed by atoms with van der Waals surface area (Å²) >= 11 is 0. The molecule has 11 heavy (non-hydrogen) atoms. The third-order valence-electron chi connectivity index (χ3n) is 1.62. The minimum atomic E-state index is 0.644. The molecule has 1 N–H and O–H groups in total. The molecule has 1 aromatic carbocycles. The molecule has 0 aromatic heterocycles. The van der Waals surface area contributed by atoms with Crippen molar-refractivity contribution in [3.63, 3.8) is 0 Å². The Bertz CT molecular complexity index is 261. The Balaban J connectivity index is 2.99. The van der Waals surface area contributed by atoms with Crippen molar-refractivity contribution in [3.05, 3.63) is 35.4 Å². The largest absolute Gasteiger partial charge is 0.411 e. The maximum Gasteiger partial charge on any atom is 0.0836 e. The van der Waals surface area contributed by atoms with E-state index in [-0.39, 0.29) is 0 Å². The maximum absolute atomic E-state index is 8.45. The number of nitrogens with zero attached hydrogens (tertiary/aromatic N) is 1. The number of rotatable bonds is 1. The molecular formula is C9H11NO. The highest BCUT2D eigenvalue weighted by Crippen LogP contribution is 2.03. The summed E-state index contributed by atoms with van der Waals surface area (Å²) < 4.78 is 0. The van der Waals surface area contributed by atoms with Gasteiger partial charge in [-0.3, -0.25) is 0 Å². The maximum atomic E-state index is 8.45. The average Bonchev–Trinajstić information content (AvgIpc) is 2.05. The fraction of sp³-hybridized carbons (Fsp3) is 0.222. The smallest absolute Gasteiger partial charge is 0.0836 e. The molecule has 0 radical (unpaired) electrons. The number of aryl methyl sites for hydroxylation is 1. The van der Waals surface area contributed by atoms with E-state index in [0.29, 0.717) is 5.71 Å². The molecule has 0 aliphatic heterocycles. The van der Waals surface area contributed by atoms with Gasteiger partial charge in [0.1, 0.15) is 0 Å². The minimum Gasteiger partial charge on any atom is -0.411 e. The van der Waals surface area contributed by atoms with Gasteiger partial charge in [0.25, 0.3) is 0 Å². The Morgan fingerprint density at radius 3 is 2.27 bits per heavy atom. The van der Waals surface area contributed by atoms with Gasteiger partial charge in [0.15, 0.2) is 0 Å². The first-order valence-corrected chi connectivity index (χ1v) is 3.49. The van der Waals surface area contributed by atoms with Crippen molar-refractivity contribution < 1.29 is 5.21 Å². The van der Waals surface area contributed by atoms with E-state index >= 15 is 0 Å². The summed E-state index contributed by atoms with van der Waals surface area (Å²) in [6.45, 7) is 3.79. The van der Waals surface area contributed by atoms with Crippen LogP contribution < -0.4 is 0 Å². The molecule has 0 fully saturated rings. The van der Waals surface area contributed by atoms with Crippen LogP contribution in [0.25, 0.3) is 0 Å². The molecule has 0 saturated heterocycles. The molecule has 0 spiro atoms. The van der Waals surface area contributed by atoms with E-state index in [1.165, 1.54) is 5.56 Å². The summed E-state index contributed by atoms with van der Waals surface area (Å²) in [6, 6.07) is 7.85. The van der Waals surface area contributed by atoms with Crippen LogP contribution in [0.4, 0.5) is 0 Å². The van der Waals surface area contributed by atoms with Crippen molar-refractivity contribution in [1.29, 1.82) is 0 Å². The van der Waals surface area contributed by atoms with Crippen molar-refractivity contribution in [2.24, 2.45) is 5.16 Å². The van der Waals surface area contributed by atoms with E-state index in [9.17, 15) is 0 Å². The molecule has 0 bridgehead atoms. The third kappa shape index (κ3) is 1.80. The van der Waals surface area contributed by atoms with Gasteiger partial charge in [-0.05, 0) is 19.4 Å². The van der Waals surface area contributed by atoms with E-state index < -0.39 is 0 Å². The summed E-state index contributed by atoms with van der Waals surface area (Å²) in [4.78, 5) is 0. The van der Waals surface area contributed by atoms with Gasteiger partial charge in [-0.1, -0.05) is 35.0 Å². The SMILES string of the molecule is C/C(=N/O)c1ccc(C)cc1. The molecule has 2 nitrogen and oxygen atoms in total. The Hall–Kier alpha value is -1.31. The lowest BCUT2D eigenvalue weighted by Crippen LogP contribution is -1.93. The normalized spacial score (nSPS) is 11.6. The highest BCUT2D eigenvalue weighted by atomic mass is 16.4. The molecule has 0 aliphatic rings. The average molecular weight is 149 g/mol. The Morgan fingerprint density at radius 2 is 1.82 bits per heavy atom. The lowest BCUT2D eigenvalue weighted by molar-refractivity contribution is 0.319. The van der Waals surface area contributed by atoms with Crippen LogP contribution in [0.3, 0.4) is 0 Å². The van der Waals surface area contributed by atoms with Crippen LogP contribution in [0.2, 0.25) is 0 Å².